The molecule has 0 bridgehead atoms. The largest absolute Gasteiger partial charge is 0.329 e. The zero-order chi connectivity index (χ0) is 16.8. The summed E-state index contributed by atoms with van der Waals surface area (Å²) in [4.78, 5) is 36.5. The molecule has 128 valence electrons. The van der Waals surface area contributed by atoms with Crippen LogP contribution in [0.4, 0.5) is 0 Å². The van der Waals surface area contributed by atoms with Crippen LogP contribution < -0.4 is 11.0 Å². The number of amides is 2. The lowest BCUT2D eigenvalue weighted by Crippen LogP contribution is -2.44. The normalized spacial score (nSPS) is 22.3. The number of fused-ring (bicyclic) bond motifs is 1. The summed E-state index contributed by atoms with van der Waals surface area (Å²) in [5, 5.41) is 2.35. The maximum atomic E-state index is 12.8. The number of benzene rings is 1. The summed E-state index contributed by atoms with van der Waals surface area (Å²) in [7, 11) is 1.77. The van der Waals surface area contributed by atoms with Crippen molar-refractivity contribution in [3.63, 3.8) is 0 Å². The highest BCUT2D eigenvalue weighted by molar-refractivity contribution is 6.00. The van der Waals surface area contributed by atoms with Gasteiger partial charge in [-0.2, -0.15) is 0 Å². The number of imidazole rings is 1. The second kappa shape index (κ2) is 5.61. The molecule has 1 saturated heterocycles. The van der Waals surface area contributed by atoms with Crippen LogP contribution in [0.2, 0.25) is 0 Å². The van der Waals surface area contributed by atoms with Gasteiger partial charge in [0.05, 0.1) is 11.0 Å². The lowest BCUT2D eigenvalue weighted by Gasteiger charge is -2.22. The molecular formula is C18H23N3O3. The topological polar surface area (TPSA) is 73.1 Å². The predicted octanol–water partition coefficient (Wildman–Crippen LogP) is 2.22. The van der Waals surface area contributed by atoms with Gasteiger partial charge in [0.25, 0.3) is 0 Å². The van der Waals surface area contributed by atoms with Gasteiger partial charge >= 0.3 is 5.69 Å². The molecule has 6 nitrogen and oxygen atoms in total. The second-order valence-electron chi connectivity index (χ2n) is 6.87. The summed E-state index contributed by atoms with van der Waals surface area (Å²) in [6.07, 6.45) is 5.39. The number of aryl methyl sites for hydroxylation is 1. The van der Waals surface area contributed by atoms with Gasteiger partial charge < -0.3 is 0 Å². The highest BCUT2D eigenvalue weighted by atomic mass is 16.2. The molecule has 1 N–H and O–H groups in total. The summed E-state index contributed by atoms with van der Waals surface area (Å²) >= 11 is 0. The van der Waals surface area contributed by atoms with E-state index in [1.807, 2.05) is 12.1 Å². The van der Waals surface area contributed by atoms with Crippen molar-refractivity contribution in [3.8, 4) is 0 Å². The van der Waals surface area contributed by atoms with Crippen molar-refractivity contribution in [2.24, 2.45) is 7.05 Å². The molecule has 1 aliphatic carbocycles. The number of aromatic nitrogens is 2. The van der Waals surface area contributed by atoms with Crippen molar-refractivity contribution in [3.05, 3.63) is 34.2 Å². The number of nitrogens with zero attached hydrogens (tertiary/aromatic N) is 2. The number of hydrogen-bond acceptors (Lipinski definition) is 3. The average molecular weight is 329 g/mol. The maximum absolute atomic E-state index is 12.8. The first kappa shape index (κ1) is 15.2. The van der Waals surface area contributed by atoms with Crippen LogP contribution in [0.5, 0.6) is 0 Å². The Kier molecular flexibility index (Phi) is 3.55. The van der Waals surface area contributed by atoms with Crippen LogP contribution in [0.25, 0.3) is 11.0 Å². The van der Waals surface area contributed by atoms with E-state index in [2.05, 4.69) is 11.4 Å². The monoisotopic (exact) mass is 329 g/mol. The van der Waals surface area contributed by atoms with E-state index < -0.39 is 6.04 Å². The van der Waals surface area contributed by atoms with E-state index in [0.717, 1.165) is 23.9 Å². The van der Waals surface area contributed by atoms with Crippen molar-refractivity contribution in [1.29, 1.82) is 0 Å². The quantitative estimate of drug-likeness (QED) is 0.859. The molecule has 1 atom stereocenters. The Labute approximate surface area is 140 Å². The molecule has 1 aliphatic heterocycles. The Morgan fingerprint density at radius 3 is 2.58 bits per heavy atom. The lowest BCUT2D eigenvalue weighted by atomic mass is 9.96. The fraction of sp³-hybridized carbons (Fsp3) is 0.500. The van der Waals surface area contributed by atoms with Gasteiger partial charge in [0, 0.05) is 14.9 Å². The number of para-hydroxylation sites is 1. The first-order chi connectivity index (χ1) is 11.6. The molecule has 1 saturated carbocycles. The lowest BCUT2D eigenvalue weighted by molar-refractivity contribution is -0.135. The predicted molar refractivity (Wildman–Crippen MR) is 91.9 cm³/mol. The SMILES string of the molecule is Cn1c(=O)n(C2CCC(=O)NC2=O)c2cccc(C3CCCC3)c21.[HH]. The third-order valence-electron chi connectivity index (χ3n) is 5.45. The van der Waals surface area contributed by atoms with Crippen molar-refractivity contribution >= 4 is 22.8 Å². The molecule has 2 heterocycles. The number of imide groups is 1. The first-order valence-corrected chi connectivity index (χ1v) is 8.61. The van der Waals surface area contributed by atoms with E-state index in [1.54, 1.807) is 16.2 Å². The zero-order valence-corrected chi connectivity index (χ0v) is 13.7. The highest BCUT2D eigenvalue weighted by Gasteiger charge is 2.32. The molecule has 2 aromatic rings. The number of hydrogen-bond donors (Lipinski definition) is 1. The zero-order valence-electron chi connectivity index (χ0n) is 13.7. The van der Waals surface area contributed by atoms with Crippen LogP contribution >= 0.6 is 0 Å². The van der Waals surface area contributed by atoms with Crippen LogP contribution in [-0.2, 0) is 16.6 Å². The number of carbonyl (C=O) groups is 2. The van der Waals surface area contributed by atoms with E-state index >= 15 is 0 Å². The minimum Gasteiger partial charge on any atom is -0.295 e. The van der Waals surface area contributed by atoms with Crippen LogP contribution in [-0.4, -0.2) is 20.9 Å². The summed E-state index contributed by atoms with van der Waals surface area (Å²) < 4.78 is 3.22. The molecule has 2 amide bonds. The van der Waals surface area contributed by atoms with Crippen LogP contribution in [0.1, 0.15) is 57.5 Å². The van der Waals surface area contributed by atoms with Crippen molar-refractivity contribution < 1.29 is 11.0 Å². The average Bonchev–Trinajstić information content (AvgIpc) is 3.17. The molecule has 0 radical (unpaired) electrons. The van der Waals surface area contributed by atoms with Gasteiger partial charge in [0.15, 0.2) is 0 Å². The molecule has 2 aliphatic rings. The summed E-state index contributed by atoms with van der Waals surface area (Å²) in [6.45, 7) is 0. The van der Waals surface area contributed by atoms with Gasteiger partial charge in [-0.15, -0.1) is 0 Å². The van der Waals surface area contributed by atoms with Gasteiger partial charge in [-0.25, -0.2) is 4.79 Å². The Morgan fingerprint density at radius 1 is 1.12 bits per heavy atom. The Morgan fingerprint density at radius 2 is 1.88 bits per heavy atom. The van der Waals surface area contributed by atoms with E-state index in [0.29, 0.717) is 12.3 Å². The fourth-order valence-corrected chi connectivity index (χ4v) is 4.26. The standard InChI is InChI=1S/C18H21N3O3.H2/c1-20-16-12(11-5-2-3-6-11)7-4-8-13(16)21(18(20)24)14-9-10-15(22)19-17(14)23;/h4,7-8,11,14H,2-3,5-6,9-10H2,1H3,(H,19,22,23);1H. The first-order valence-electron chi connectivity index (χ1n) is 8.61. The van der Waals surface area contributed by atoms with Crippen LogP contribution in [0.15, 0.2) is 23.0 Å². The van der Waals surface area contributed by atoms with E-state index in [-0.39, 0.29) is 25.4 Å². The van der Waals surface area contributed by atoms with E-state index in [4.69, 9.17) is 0 Å². The molecule has 2 fully saturated rings. The smallest absolute Gasteiger partial charge is 0.295 e. The van der Waals surface area contributed by atoms with Gasteiger partial charge in [-0.05, 0) is 36.8 Å². The third-order valence-corrected chi connectivity index (χ3v) is 5.45. The molecule has 1 aromatic carbocycles. The van der Waals surface area contributed by atoms with E-state index in [1.165, 1.54) is 18.4 Å². The number of piperidine rings is 1. The minimum absolute atomic E-state index is 0. The minimum atomic E-state index is -0.613. The molecular weight excluding hydrogens is 306 g/mol. The molecule has 0 spiro atoms. The maximum Gasteiger partial charge on any atom is 0.329 e. The second-order valence-corrected chi connectivity index (χ2v) is 6.87. The van der Waals surface area contributed by atoms with Gasteiger partial charge in [-0.1, -0.05) is 25.0 Å². The molecule has 24 heavy (non-hydrogen) atoms. The summed E-state index contributed by atoms with van der Waals surface area (Å²) in [5.41, 5.74) is 2.74. The third kappa shape index (κ3) is 2.20. The van der Waals surface area contributed by atoms with Gasteiger partial charge in [0.2, 0.25) is 11.8 Å². The van der Waals surface area contributed by atoms with Crippen molar-refractivity contribution in [2.75, 3.05) is 0 Å². The number of rotatable bonds is 2. The van der Waals surface area contributed by atoms with Crippen molar-refractivity contribution in [1.82, 2.24) is 14.5 Å². The Hall–Kier alpha value is -2.37. The van der Waals surface area contributed by atoms with Gasteiger partial charge in [0.1, 0.15) is 6.04 Å². The molecule has 1 unspecified atom stereocenters. The fourth-order valence-electron chi connectivity index (χ4n) is 4.26. The van der Waals surface area contributed by atoms with Crippen LogP contribution in [0, 0.1) is 0 Å². The Balaban J connectivity index is 0.00000182. The molecule has 6 heteroatoms. The Bertz CT molecular complexity index is 893. The van der Waals surface area contributed by atoms with Crippen molar-refractivity contribution in [2.45, 2.75) is 50.5 Å². The van der Waals surface area contributed by atoms with Gasteiger partial charge in [-0.3, -0.25) is 24.0 Å². The summed E-state index contributed by atoms with van der Waals surface area (Å²) in [5.74, 6) is -0.166. The number of nitrogens with one attached hydrogen (secondary N) is 1. The van der Waals surface area contributed by atoms with Crippen LogP contribution in [0.3, 0.4) is 0 Å². The summed E-state index contributed by atoms with van der Waals surface area (Å²) in [6, 6.07) is 5.36. The highest BCUT2D eigenvalue weighted by Crippen LogP contribution is 2.37. The molecule has 4 rings (SSSR count). The molecule has 1 aromatic heterocycles. The number of carbonyl (C=O) groups excluding carboxylic acids is 2. The van der Waals surface area contributed by atoms with E-state index in [9.17, 15) is 14.4 Å².